The van der Waals surface area contributed by atoms with E-state index in [0.717, 1.165) is 25.0 Å². The molecule has 1 saturated carbocycles. The highest BCUT2D eigenvalue weighted by molar-refractivity contribution is 7.91. The van der Waals surface area contributed by atoms with Crippen LogP contribution in [0.15, 0.2) is 11.2 Å². The molecule has 132 valence electrons. The van der Waals surface area contributed by atoms with E-state index >= 15 is 0 Å². The van der Waals surface area contributed by atoms with E-state index < -0.39 is 9.84 Å². The van der Waals surface area contributed by atoms with E-state index in [4.69, 9.17) is 4.74 Å². The zero-order valence-electron chi connectivity index (χ0n) is 14.4. The Balaban J connectivity index is 1.74. The predicted molar refractivity (Wildman–Crippen MR) is 89.7 cm³/mol. The summed E-state index contributed by atoms with van der Waals surface area (Å²) in [6.07, 6.45) is 4.71. The van der Waals surface area contributed by atoms with E-state index in [-0.39, 0.29) is 23.6 Å². The molecule has 1 aliphatic carbocycles. The van der Waals surface area contributed by atoms with Gasteiger partial charge in [0.25, 0.3) is 5.16 Å². The Morgan fingerprint density at radius 3 is 2.75 bits per heavy atom. The van der Waals surface area contributed by atoms with Gasteiger partial charge in [0.1, 0.15) is 5.82 Å². The van der Waals surface area contributed by atoms with Crippen molar-refractivity contribution in [1.82, 2.24) is 19.6 Å². The lowest BCUT2D eigenvalue weighted by molar-refractivity contribution is 0.00299. The van der Waals surface area contributed by atoms with Crippen LogP contribution in [-0.4, -0.2) is 46.5 Å². The van der Waals surface area contributed by atoms with Crippen molar-refractivity contribution in [2.45, 2.75) is 57.7 Å². The van der Waals surface area contributed by atoms with Gasteiger partial charge in [0, 0.05) is 11.8 Å². The average Bonchev–Trinajstić information content (AvgIpc) is 2.94. The van der Waals surface area contributed by atoms with Crippen molar-refractivity contribution in [1.29, 1.82) is 0 Å². The summed E-state index contributed by atoms with van der Waals surface area (Å²) in [5, 5.41) is 7.80. The van der Waals surface area contributed by atoms with Crippen LogP contribution in [0.2, 0.25) is 0 Å². The molecule has 0 N–H and O–H groups in total. The molecule has 0 aromatic carbocycles. The van der Waals surface area contributed by atoms with Crippen LogP contribution in [0.4, 0.5) is 0 Å². The lowest BCUT2D eigenvalue weighted by atomic mass is 9.88. The quantitative estimate of drug-likeness (QED) is 0.819. The summed E-state index contributed by atoms with van der Waals surface area (Å²) in [6, 6.07) is 1.72. The molecule has 0 bridgehead atoms. The molecular formula is C16H24N4O3S. The van der Waals surface area contributed by atoms with Crippen LogP contribution in [0.25, 0.3) is 5.65 Å². The molecule has 0 radical (unpaired) electrons. The minimum absolute atomic E-state index is 0.0530. The van der Waals surface area contributed by atoms with Crippen LogP contribution in [0, 0.1) is 19.8 Å². The summed E-state index contributed by atoms with van der Waals surface area (Å²) in [5.41, 5.74) is 1.28. The van der Waals surface area contributed by atoms with Crippen molar-refractivity contribution in [3.8, 4) is 0 Å². The Morgan fingerprint density at radius 1 is 1.25 bits per heavy atom. The van der Waals surface area contributed by atoms with Crippen LogP contribution in [-0.2, 0) is 14.6 Å². The zero-order valence-corrected chi connectivity index (χ0v) is 15.2. The fourth-order valence-corrected chi connectivity index (χ4v) is 4.50. The monoisotopic (exact) mass is 352 g/mol. The Kier molecular flexibility index (Phi) is 4.87. The maximum atomic E-state index is 12.6. The van der Waals surface area contributed by atoms with Crippen molar-refractivity contribution in [3.63, 3.8) is 0 Å². The summed E-state index contributed by atoms with van der Waals surface area (Å²) >= 11 is 0. The molecule has 1 aliphatic rings. The molecule has 24 heavy (non-hydrogen) atoms. The molecule has 0 unspecified atom stereocenters. The lowest BCUT2D eigenvalue weighted by Gasteiger charge is -2.28. The van der Waals surface area contributed by atoms with E-state index in [9.17, 15) is 8.42 Å². The van der Waals surface area contributed by atoms with E-state index in [0.29, 0.717) is 17.4 Å². The molecule has 7 nitrogen and oxygen atoms in total. The predicted octanol–water partition coefficient (Wildman–Crippen LogP) is 2.11. The maximum Gasteiger partial charge on any atom is 0.255 e. The second-order valence-electron chi connectivity index (χ2n) is 6.61. The number of aryl methyl sites for hydroxylation is 2. The molecule has 0 spiro atoms. The van der Waals surface area contributed by atoms with Gasteiger partial charge in [0.2, 0.25) is 9.84 Å². The van der Waals surface area contributed by atoms with Crippen molar-refractivity contribution in [2.75, 3.05) is 12.4 Å². The van der Waals surface area contributed by atoms with Crippen LogP contribution in [0.3, 0.4) is 0 Å². The standard InChI is InChI=1S/C16H24N4O3S/c1-11-6-4-5-7-14(11)23-8-9-24(21,22)16-19-18-15-10-12(2)17-13(3)20(15)16/h10-11,14H,4-9H2,1-3H3/t11-,14-/m1/s1. The Hall–Kier alpha value is -1.54. The van der Waals surface area contributed by atoms with Crippen LogP contribution in [0.1, 0.15) is 44.1 Å². The first-order valence-corrected chi connectivity index (χ1v) is 10.1. The topological polar surface area (TPSA) is 86.5 Å². The van der Waals surface area contributed by atoms with Crippen LogP contribution in [0.5, 0.6) is 0 Å². The number of nitrogens with zero attached hydrogens (tertiary/aromatic N) is 4. The first-order chi connectivity index (χ1) is 11.4. The van der Waals surface area contributed by atoms with E-state index in [2.05, 4.69) is 22.1 Å². The average molecular weight is 352 g/mol. The molecule has 0 saturated heterocycles. The minimum Gasteiger partial charge on any atom is -0.377 e. The van der Waals surface area contributed by atoms with Crippen LogP contribution >= 0.6 is 0 Å². The van der Waals surface area contributed by atoms with Gasteiger partial charge in [-0.1, -0.05) is 19.8 Å². The summed E-state index contributed by atoms with van der Waals surface area (Å²) in [7, 11) is -3.57. The van der Waals surface area contributed by atoms with E-state index in [1.54, 1.807) is 13.0 Å². The minimum atomic E-state index is -3.57. The normalized spacial score (nSPS) is 22.1. The summed E-state index contributed by atoms with van der Waals surface area (Å²) in [6.45, 7) is 5.95. The second-order valence-corrected chi connectivity index (χ2v) is 8.61. The highest BCUT2D eigenvalue weighted by Gasteiger charge is 2.26. The third-order valence-electron chi connectivity index (χ3n) is 4.65. The zero-order chi connectivity index (χ0) is 17.3. The first-order valence-electron chi connectivity index (χ1n) is 8.42. The Labute approximate surface area is 142 Å². The summed E-state index contributed by atoms with van der Waals surface area (Å²) < 4.78 is 32.6. The second kappa shape index (κ2) is 6.76. The molecule has 3 rings (SSSR count). The fraction of sp³-hybridized carbons (Fsp3) is 0.688. The number of rotatable bonds is 5. The molecule has 2 aromatic heterocycles. The van der Waals surface area contributed by atoms with Crippen molar-refractivity contribution in [2.24, 2.45) is 5.92 Å². The third-order valence-corrected chi connectivity index (χ3v) is 6.18. The molecule has 2 atom stereocenters. The van der Waals surface area contributed by atoms with Gasteiger partial charge in [0.15, 0.2) is 5.65 Å². The largest absolute Gasteiger partial charge is 0.377 e. The molecule has 2 aromatic rings. The third kappa shape index (κ3) is 3.44. The first kappa shape index (κ1) is 17.3. The Bertz CT molecular complexity index is 831. The molecule has 0 amide bonds. The SMILES string of the molecule is Cc1cc2nnc(S(=O)(=O)CCO[C@@H]3CCCC[C@H]3C)n2c(C)n1. The molecule has 0 aliphatic heterocycles. The number of fused-ring (bicyclic) bond motifs is 1. The van der Waals surface area contributed by atoms with Crippen molar-refractivity contribution >= 4 is 15.5 Å². The fourth-order valence-electron chi connectivity index (χ4n) is 3.33. The van der Waals surface area contributed by atoms with Crippen molar-refractivity contribution in [3.05, 3.63) is 17.6 Å². The molecule has 8 heteroatoms. The molecule has 2 heterocycles. The smallest absolute Gasteiger partial charge is 0.255 e. The van der Waals surface area contributed by atoms with Gasteiger partial charge in [-0.25, -0.2) is 13.4 Å². The van der Waals surface area contributed by atoms with Gasteiger partial charge in [-0.05, 0) is 32.6 Å². The van der Waals surface area contributed by atoms with Crippen molar-refractivity contribution < 1.29 is 13.2 Å². The van der Waals surface area contributed by atoms with Gasteiger partial charge >= 0.3 is 0 Å². The summed E-state index contributed by atoms with van der Waals surface area (Å²) in [4.78, 5) is 4.30. The Morgan fingerprint density at radius 2 is 2.00 bits per heavy atom. The summed E-state index contributed by atoms with van der Waals surface area (Å²) in [5.74, 6) is 0.963. The van der Waals surface area contributed by atoms with Gasteiger partial charge < -0.3 is 4.74 Å². The van der Waals surface area contributed by atoms with Gasteiger partial charge in [-0.3, -0.25) is 4.40 Å². The lowest BCUT2D eigenvalue weighted by Crippen LogP contribution is -2.28. The number of ether oxygens (including phenoxy) is 1. The van der Waals surface area contributed by atoms with E-state index in [1.165, 1.54) is 10.8 Å². The number of aromatic nitrogens is 4. The van der Waals surface area contributed by atoms with Crippen LogP contribution < -0.4 is 0 Å². The van der Waals surface area contributed by atoms with Gasteiger partial charge in [-0.2, -0.15) is 0 Å². The highest BCUT2D eigenvalue weighted by Crippen LogP contribution is 2.26. The highest BCUT2D eigenvalue weighted by atomic mass is 32.2. The van der Waals surface area contributed by atoms with E-state index in [1.807, 2.05) is 6.92 Å². The van der Waals surface area contributed by atoms with Gasteiger partial charge in [0.05, 0.1) is 18.5 Å². The number of hydrogen-bond acceptors (Lipinski definition) is 6. The number of hydrogen-bond donors (Lipinski definition) is 0. The van der Waals surface area contributed by atoms with Gasteiger partial charge in [-0.15, -0.1) is 10.2 Å². The number of sulfone groups is 1. The molecule has 1 fully saturated rings. The molecular weight excluding hydrogens is 328 g/mol. The maximum absolute atomic E-state index is 12.6.